The molecule has 0 fully saturated rings. The number of carbonyl (C=O) groups excluding carboxylic acids is 1. The van der Waals surface area contributed by atoms with Crippen LogP contribution < -0.4 is 14.8 Å². The largest absolute Gasteiger partial charge is 0.490 e. The number of halogens is 2. The van der Waals surface area contributed by atoms with Gasteiger partial charge in [-0.05, 0) is 42.7 Å². The average Bonchev–Trinajstić information content (AvgIpc) is 2.56. The van der Waals surface area contributed by atoms with Crippen LogP contribution in [0.5, 0.6) is 11.5 Å². The highest BCUT2D eigenvalue weighted by molar-refractivity contribution is 6.05. The van der Waals surface area contributed by atoms with Crippen molar-refractivity contribution in [1.82, 2.24) is 0 Å². The summed E-state index contributed by atoms with van der Waals surface area (Å²) in [6.07, 6.45) is 0. The molecule has 0 radical (unpaired) electrons. The second-order valence-corrected chi connectivity index (χ2v) is 5.67. The fraction of sp³-hybridized carbons (Fsp3) is 0.316. The van der Waals surface area contributed by atoms with E-state index in [0.717, 1.165) is 5.56 Å². The van der Waals surface area contributed by atoms with E-state index in [0.29, 0.717) is 11.3 Å². The van der Waals surface area contributed by atoms with E-state index in [9.17, 15) is 13.6 Å². The molecular weight excluding hydrogens is 328 g/mol. The third kappa shape index (κ3) is 4.92. The Hall–Kier alpha value is -2.63. The van der Waals surface area contributed by atoms with Crippen molar-refractivity contribution >= 4 is 11.6 Å². The van der Waals surface area contributed by atoms with Crippen LogP contribution >= 0.6 is 0 Å². The number of alkyl halides is 2. The molecule has 2 aromatic rings. The van der Waals surface area contributed by atoms with Gasteiger partial charge in [0.05, 0.1) is 6.61 Å². The van der Waals surface area contributed by atoms with Crippen molar-refractivity contribution in [2.75, 3.05) is 11.9 Å². The van der Waals surface area contributed by atoms with Crippen LogP contribution in [0.2, 0.25) is 0 Å². The minimum absolute atomic E-state index is 0.101. The standard InChI is InChI=1S/C19H21F2NO3/c1-4-24-17-11-13(9-10-16(17)25-19(20)21)18(23)22-15-8-6-5-7-14(15)12(2)3/h5-12,19H,4H2,1-3H3,(H,22,23). The van der Waals surface area contributed by atoms with E-state index < -0.39 is 6.61 Å². The second-order valence-electron chi connectivity index (χ2n) is 5.67. The topological polar surface area (TPSA) is 47.6 Å². The molecule has 2 rings (SSSR count). The normalized spacial score (nSPS) is 10.8. The van der Waals surface area contributed by atoms with Gasteiger partial charge in [0.15, 0.2) is 11.5 Å². The summed E-state index contributed by atoms with van der Waals surface area (Å²) < 4.78 is 34.6. The predicted octanol–water partition coefficient (Wildman–Crippen LogP) is 5.06. The summed E-state index contributed by atoms with van der Waals surface area (Å²) in [5, 5.41) is 2.85. The van der Waals surface area contributed by atoms with E-state index in [2.05, 4.69) is 10.1 Å². The van der Waals surface area contributed by atoms with Crippen molar-refractivity contribution in [2.45, 2.75) is 33.3 Å². The number of hydrogen-bond acceptors (Lipinski definition) is 3. The van der Waals surface area contributed by atoms with Gasteiger partial charge in [0.2, 0.25) is 0 Å². The molecule has 0 aliphatic carbocycles. The minimum Gasteiger partial charge on any atom is -0.490 e. The molecule has 1 amide bonds. The molecule has 0 saturated heterocycles. The van der Waals surface area contributed by atoms with Crippen molar-refractivity contribution in [3.8, 4) is 11.5 Å². The summed E-state index contributed by atoms with van der Waals surface area (Å²) in [7, 11) is 0. The summed E-state index contributed by atoms with van der Waals surface area (Å²) in [6, 6.07) is 11.7. The molecular formula is C19H21F2NO3. The molecule has 4 nitrogen and oxygen atoms in total. The SMILES string of the molecule is CCOc1cc(C(=O)Nc2ccccc2C(C)C)ccc1OC(F)F. The summed E-state index contributed by atoms with van der Waals surface area (Å²) >= 11 is 0. The molecule has 0 bridgehead atoms. The molecule has 25 heavy (non-hydrogen) atoms. The number of ether oxygens (including phenoxy) is 2. The number of para-hydroxylation sites is 1. The lowest BCUT2D eigenvalue weighted by Gasteiger charge is -2.15. The quantitative estimate of drug-likeness (QED) is 0.760. The molecule has 2 aromatic carbocycles. The smallest absolute Gasteiger partial charge is 0.387 e. The van der Waals surface area contributed by atoms with E-state index in [-0.39, 0.29) is 29.9 Å². The van der Waals surface area contributed by atoms with Gasteiger partial charge in [-0.1, -0.05) is 32.0 Å². The Morgan fingerprint density at radius 3 is 2.48 bits per heavy atom. The first kappa shape index (κ1) is 18.7. The zero-order chi connectivity index (χ0) is 18.4. The maximum Gasteiger partial charge on any atom is 0.387 e. The van der Waals surface area contributed by atoms with Gasteiger partial charge in [-0.3, -0.25) is 4.79 Å². The Labute approximate surface area is 145 Å². The maximum atomic E-state index is 12.5. The van der Waals surface area contributed by atoms with Gasteiger partial charge in [0.25, 0.3) is 5.91 Å². The Morgan fingerprint density at radius 2 is 1.84 bits per heavy atom. The van der Waals surface area contributed by atoms with Crippen LogP contribution in [0.15, 0.2) is 42.5 Å². The molecule has 0 aliphatic heterocycles. The van der Waals surface area contributed by atoms with Gasteiger partial charge < -0.3 is 14.8 Å². The Morgan fingerprint density at radius 1 is 1.12 bits per heavy atom. The molecule has 6 heteroatoms. The van der Waals surface area contributed by atoms with Gasteiger partial charge >= 0.3 is 6.61 Å². The van der Waals surface area contributed by atoms with Gasteiger partial charge in [-0.15, -0.1) is 0 Å². The fourth-order valence-electron chi connectivity index (χ4n) is 2.42. The maximum absolute atomic E-state index is 12.5. The number of carbonyl (C=O) groups is 1. The first-order valence-electron chi connectivity index (χ1n) is 8.04. The molecule has 0 saturated carbocycles. The van der Waals surface area contributed by atoms with Crippen LogP contribution in [0, 0.1) is 0 Å². The van der Waals surface area contributed by atoms with Crippen molar-refractivity contribution in [2.24, 2.45) is 0 Å². The van der Waals surface area contributed by atoms with Crippen molar-refractivity contribution in [3.63, 3.8) is 0 Å². The highest BCUT2D eigenvalue weighted by Crippen LogP contribution is 2.31. The van der Waals surface area contributed by atoms with Crippen molar-refractivity contribution in [1.29, 1.82) is 0 Å². The summed E-state index contributed by atoms with van der Waals surface area (Å²) in [5.74, 6) is -0.0986. The number of hydrogen-bond donors (Lipinski definition) is 1. The first-order chi connectivity index (χ1) is 11.9. The third-order valence-corrected chi connectivity index (χ3v) is 3.55. The summed E-state index contributed by atoms with van der Waals surface area (Å²) in [6.45, 7) is 3.10. The van der Waals surface area contributed by atoms with Crippen LogP contribution in [-0.2, 0) is 0 Å². The number of anilines is 1. The van der Waals surface area contributed by atoms with Crippen LogP contribution in [-0.4, -0.2) is 19.1 Å². The molecule has 0 heterocycles. The predicted molar refractivity (Wildman–Crippen MR) is 92.7 cm³/mol. The van der Waals surface area contributed by atoms with Gasteiger partial charge in [0.1, 0.15) is 0 Å². The Bertz CT molecular complexity index is 732. The molecule has 0 aromatic heterocycles. The molecule has 0 spiro atoms. The van der Waals surface area contributed by atoms with Crippen LogP contribution in [0.25, 0.3) is 0 Å². The van der Waals surface area contributed by atoms with Crippen molar-refractivity contribution in [3.05, 3.63) is 53.6 Å². The number of rotatable bonds is 7. The molecule has 134 valence electrons. The second kappa shape index (κ2) is 8.46. The highest BCUT2D eigenvalue weighted by Gasteiger charge is 2.16. The van der Waals surface area contributed by atoms with Gasteiger partial charge in [-0.2, -0.15) is 8.78 Å². The molecule has 0 unspecified atom stereocenters. The van der Waals surface area contributed by atoms with E-state index in [1.165, 1.54) is 18.2 Å². The van der Waals surface area contributed by atoms with Gasteiger partial charge in [0, 0.05) is 11.3 Å². The lowest BCUT2D eigenvalue weighted by molar-refractivity contribution is -0.0514. The zero-order valence-electron chi connectivity index (χ0n) is 14.4. The number of nitrogens with one attached hydrogen (secondary N) is 1. The molecule has 0 aliphatic rings. The summed E-state index contributed by atoms with van der Waals surface area (Å²) in [4.78, 5) is 12.5. The molecule has 1 N–H and O–H groups in total. The zero-order valence-corrected chi connectivity index (χ0v) is 14.4. The van der Waals surface area contributed by atoms with E-state index in [1.54, 1.807) is 6.92 Å². The number of amides is 1. The fourth-order valence-corrected chi connectivity index (χ4v) is 2.42. The van der Waals surface area contributed by atoms with E-state index >= 15 is 0 Å². The Balaban J connectivity index is 2.26. The average molecular weight is 349 g/mol. The number of benzene rings is 2. The van der Waals surface area contributed by atoms with Crippen LogP contribution in [0.3, 0.4) is 0 Å². The first-order valence-corrected chi connectivity index (χ1v) is 8.04. The van der Waals surface area contributed by atoms with Crippen LogP contribution in [0.1, 0.15) is 42.6 Å². The Kier molecular flexibility index (Phi) is 6.33. The highest BCUT2D eigenvalue weighted by atomic mass is 19.3. The molecule has 0 atom stereocenters. The lowest BCUT2D eigenvalue weighted by Crippen LogP contribution is -2.14. The van der Waals surface area contributed by atoms with E-state index in [1.807, 2.05) is 38.1 Å². The van der Waals surface area contributed by atoms with Gasteiger partial charge in [-0.25, -0.2) is 0 Å². The van der Waals surface area contributed by atoms with Crippen LogP contribution in [0.4, 0.5) is 14.5 Å². The minimum atomic E-state index is -2.96. The van der Waals surface area contributed by atoms with E-state index in [4.69, 9.17) is 4.74 Å². The summed E-state index contributed by atoms with van der Waals surface area (Å²) in [5.41, 5.74) is 2.02. The lowest BCUT2D eigenvalue weighted by atomic mass is 10.0. The third-order valence-electron chi connectivity index (χ3n) is 3.55. The monoisotopic (exact) mass is 349 g/mol. The van der Waals surface area contributed by atoms with Crippen molar-refractivity contribution < 1.29 is 23.0 Å².